The topological polar surface area (TPSA) is 58.0 Å². The van der Waals surface area contributed by atoms with Crippen LogP contribution in [0.2, 0.25) is 0 Å². The normalized spacial score (nSPS) is 26.9. The Hall–Kier alpha value is -0.650. The lowest BCUT2D eigenvalue weighted by atomic mass is 9.81. The summed E-state index contributed by atoms with van der Waals surface area (Å²) in [7, 11) is 0. The van der Waals surface area contributed by atoms with E-state index in [2.05, 4.69) is 29.1 Å². The van der Waals surface area contributed by atoms with Gasteiger partial charge in [0.25, 0.3) is 0 Å². The van der Waals surface area contributed by atoms with Gasteiger partial charge in [-0.25, -0.2) is 9.97 Å². The monoisotopic (exact) mass is 295 g/mol. The van der Waals surface area contributed by atoms with Gasteiger partial charge in [0.15, 0.2) is 5.16 Å². The molecule has 1 aromatic heterocycles. The van der Waals surface area contributed by atoms with Crippen LogP contribution in [0.3, 0.4) is 0 Å². The van der Waals surface area contributed by atoms with Crippen molar-refractivity contribution in [2.45, 2.75) is 68.4 Å². The van der Waals surface area contributed by atoms with Gasteiger partial charge in [-0.05, 0) is 32.3 Å². The lowest BCUT2D eigenvalue weighted by Crippen LogP contribution is -2.54. The predicted octanol–water partition coefficient (Wildman–Crippen LogP) is 2.55. The van der Waals surface area contributed by atoms with Gasteiger partial charge < -0.3 is 10.4 Å². The van der Waals surface area contributed by atoms with Crippen LogP contribution in [0.4, 0.5) is 0 Å². The molecule has 112 valence electrons. The molecule has 2 N–H and O–H groups in total. The van der Waals surface area contributed by atoms with Gasteiger partial charge in [0.05, 0.1) is 6.61 Å². The molecule has 20 heavy (non-hydrogen) atoms. The summed E-state index contributed by atoms with van der Waals surface area (Å²) in [4.78, 5) is 8.81. The summed E-state index contributed by atoms with van der Waals surface area (Å²) in [5.74, 6) is 0. The summed E-state index contributed by atoms with van der Waals surface area (Å²) in [6.45, 7) is 6.47. The minimum atomic E-state index is -0.131. The predicted molar refractivity (Wildman–Crippen MR) is 83.0 cm³/mol. The summed E-state index contributed by atoms with van der Waals surface area (Å²) in [5.41, 5.74) is 0.875. The molecule has 5 heteroatoms. The van der Waals surface area contributed by atoms with E-state index in [0.29, 0.717) is 11.3 Å². The molecule has 1 saturated carbocycles. The molecule has 0 amide bonds. The second kappa shape index (κ2) is 6.87. The van der Waals surface area contributed by atoms with E-state index in [-0.39, 0.29) is 12.1 Å². The van der Waals surface area contributed by atoms with E-state index in [1.54, 1.807) is 11.8 Å². The van der Waals surface area contributed by atoms with Crippen molar-refractivity contribution in [3.63, 3.8) is 0 Å². The first-order chi connectivity index (χ1) is 9.53. The van der Waals surface area contributed by atoms with Crippen molar-refractivity contribution in [1.29, 1.82) is 0 Å². The van der Waals surface area contributed by atoms with E-state index in [9.17, 15) is 5.11 Å². The van der Waals surface area contributed by atoms with E-state index in [1.165, 1.54) is 6.42 Å². The smallest absolute Gasteiger partial charge is 0.187 e. The van der Waals surface area contributed by atoms with Crippen molar-refractivity contribution in [3.8, 4) is 0 Å². The number of thioether (sulfide) groups is 1. The van der Waals surface area contributed by atoms with Crippen molar-refractivity contribution in [1.82, 2.24) is 15.3 Å². The molecule has 0 bridgehead atoms. The highest BCUT2D eigenvalue weighted by Crippen LogP contribution is 2.37. The third-order valence-electron chi connectivity index (χ3n) is 3.74. The molecule has 0 radical (unpaired) electrons. The Labute approximate surface area is 125 Å². The molecule has 2 atom stereocenters. The zero-order valence-corrected chi connectivity index (χ0v) is 13.4. The van der Waals surface area contributed by atoms with Crippen molar-refractivity contribution < 1.29 is 5.11 Å². The average molecular weight is 295 g/mol. The van der Waals surface area contributed by atoms with Gasteiger partial charge in [-0.2, -0.15) is 0 Å². The lowest BCUT2D eigenvalue weighted by Gasteiger charge is -2.41. The average Bonchev–Trinajstić information content (AvgIpc) is 2.38. The Morgan fingerprint density at radius 2 is 2.35 bits per heavy atom. The quantitative estimate of drug-likeness (QED) is 0.818. The molecule has 1 aliphatic rings. The minimum absolute atomic E-state index is 0.131. The second-order valence-electron chi connectivity index (χ2n) is 6.05. The van der Waals surface area contributed by atoms with Crippen molar-refractivity contribution in [2.75, 3.05) is 6.61 Å². The van der Waals surface area contributed by atoms with Gasteiger partial charge in [0, 0.05) is 28.7 Å². The zero-order chi connectivity index (χ0) is 14.6. The van der Waals surface area contributed by atoms with E-state index < -0.39 is 0 Å². The fourth-order valence-corrected chi connectivity index (χ4v) is 4.28. The summed E-state index contributed by atoms with van der Waals surface area (Å²) < 4.78 is 0. The van der Waals surface area contributed by atoms with E-state index in [1.807, 2.05) is 19.2 Å². The van der Waals surface area contributed by atoms with Crippen LogP contribution in [0, 0.1) is 6.92 Å². The van der Waals surface area contributed by atoms with Crippen molar-refractivity contribution in [3.05, 3.63) is 18.0 Å². The molecule has 2 rings (SSSR count). The number of nitrogens with zero attached hydrogens (tertiary/aromatic N) is 2. The fraction of sp³-hybridized carbons (Fsp3) is 0.733. The molecule has 0 spiro atoms. The Kier molecular flexibility index (Phi) is 5.41. The third-order valence-corrected chi connectivity index (χ3v) is 4.89. The van der Waals surface area contributed by atoms with Gasteiger partial charge in [-0.3, -0.25) is 0 Å². The highest BCUT2D eigenvalue weighted by molar-refractivity contribution is 7.99. The molecule has 1 aromatic rings. The molecule has 1 heterocycles. The van der Waals surface area contributed by atoms with Crippen LogP contribution in [-0.2, 0) is 0 Å². The second-order valence-corrected chi connectivity index (χ2v) is 7.32. The van der Waals surface area contributed by atoms with Crippen molar-refractivity contribution in [2.24, 2.45) is 0 Å². The number of aromatic nitrogens is 2. The van der Waals surface area contributed by atoms with Crippen molar-refractivity contribution >= 4 is 11.8 Å². The molecule has 0 aromatic carbocycles. The van der Waals surface area contributed by atoms with Crippen LogP contribution < -0.4 is 5.32 Å². The summed E-state index contributed by atoms with van der Waals surface area (Å²) in [6.07, 6.45) is 6.16. The maximum absolute atomic E-state index is 9.82. The largest absolute Gasteiger partial charge is 0.394 e. The van der Waals surface area contributed by atoms with Gasteiger partial charge in [0.1, 0.15) is 0 Å². The lowest BCUT2D eigenvalue weighted by molar-refractivity contribution is 0.115. The molecule has 2 unspecified atom stereocenters. The number of hydrogen-bond acceptors (Lipinski definition) is 5. The van der Waals surface area contributed by atoms with Gasteiger partial charge in [-0.15, -0.1) is 0 Å². The highest BCUT2D eigenvalue weighted by Gasteiger charge is 2.36. The first-order valence-corrected chi connectivity index (χ1v) is 8.26. The first-order valence-electron chi connectivity index (χ1n) is 7.38. The molecule has 1 fully saturated rings. The number of rotatable bonds is 5. The molecule has 1 aliphatic carbocycles. The zero-order valence-electron chi connectivity index (χ0n) is 12.6. The maximum atomic E-state index is 9.82. The summed E-state index contributed by atoms with van der Waals surface area (Å²) >= 11 is 1.75. The van der Waals surface area contributed by atoms with Gasteiger partial charge in [0.2, 0.25) is 0 Å². The van der Waals surface area contributed by atoms with Crippen LogP contribution in [0.25, 0.3) is 0 Å². The van der Waals surface area contributed by atoms with Crippen LogP contribution >= 0.6 is 11.8 Å². The highest BCUT2D eigenvalue weighted by atomic mass is 32.2. The summed E-state index contributed by atoms with van der Waals surface area (Å²) in [6, 6.07) is 2.31. The number of aryl methyl sites for hydroxylation is 1. The van der Waals surface area contributed by atoms with E-state index in [4.69, 9.17) is 0 Å². The Morgan fingerprint density at radius 1 is 1.55 bits per heavy atom. The van der Waals surface area contributed by atoms with Crippen LogP contribution in [-0.4, -0.2) is 38.5 Å². The SMILES string of the molecule is Cc1ccnc(SC2CCCC(CO)(NC(C)C)C2)n1. The molecule has 0 aliphatic heterocycles. The number of aliphatic hydroxyl groups excluding tert-OH is 1. The molecule has 0 saturated heterocycles. The standard InChI is InChI=1S/C15H25N3OS/c1-11(2)18-15(10-19)7-4-5-13(9-15)20-14-16-8-6-12(3)17-14/h6,8,11,13,18-19H,4-5,7,9-10H2,1-3H3. The maximum Gasteiger partial charge on any atom is 0.187 e. The summed E-state index contributed by atoms with van der Waals surface area (Å²) in [5, 5.41) is 14.7. The third kappa shape index (κ3) is 4.17. The Bertz CT molecular complexity index is 441. The van der Waals surface area contributed by atoms with E-state index >= 15 is 0 Å². The minimum Gasteiger partial charge on any atom is -0.394 e. The van der Waals surface area contributed by atoms with Crippen LogP contribution in [0.1, 0.15) is 45.2 Å². The Morgan fingerprint density at radius 3 is 3.00 bits per heavy atom. The molecule has 4 nitrogen and oxygen atoms in total. The number of nitrogens with one attached hydrogen (secondary N) is 1. The van der Waals surface area contributed by atoms with Gasteiger partial charge in [-0.1, -0.05) is 32.0 Å². The number of aliphatic hydroxyl groups is 1. The van der Waals surface area contributed by atoms with Crippen LogP contribution in [0.15, 0.2) is 17.4 Å². The van der Waals surface area contributed by atoms with E-state index in [0.717, 1.165) is 30.1 Å². The Balaban J connectivity index is 2.02. The fourth-order valence-electron chi connectivity index (χ4n) is 2.97. The molecular weight excluding hydrogens is 270 g/mol. The number of hydrogen-bond donors (Lipinski definition) is 2. The van der Waals surface area contributed by atoms with Crippen LogP contribution in [0.5, 0.6) is 0 Å². The first kappa shape index (κ1) is 15.7. The molecular formula is C15H25N3OS. The van der Waals surface area contributed by atoms with Gasteiger partial charge >= 0.3 is 0 Å².